The van der Waals surface area contributed by atoms with Gasteiger partial charge in [-0.3, -0.25) is 0 Å². The molecule has 108 valence electrons. The Balaban J connectivity index is 2.96. The maximum Gasteiger partial charge on any atom is -0.00743 e. The average Bonchev–Trinajstić information content (AvgIpc) is 2.39. The van der Waals surface area contributed by atoms with Crippen LogP contribution in [0.15, 0.2) is 12.2 Å². The maximum absolute atomic E-state index is 5.44. The van der Waals surface area contributed by atoms with Crippen molar-refractivity contribution in [2.24, 2.45) is 5.73 Å². The summed E-state index contributed by atoms with van der Waals surface area (Å²) in [6.45, 7) is 3.10. The van der Waals surface area contributed by atoms with Crippen molar-refractivity contribution in [2.45, 2.75) is 90.4 Å². The third-order valence-corrected chi connectivity index (χ3v) is 3.47. The molecule has 1 nitrogen and oxygen atoms in total. The van der Waals surface area contributed by atoms with Gasteiger partial charge in [0, 0.05) is 0 Å². The van der Waals surface area contributed by atoms with Crippen LogP contribution in [0.2, 0.25) is 0 Å². The summed E-state index contributed by atoms with van der Waals surface area (Å²) in [7, 11) is 0. The van der Waals surface area contributed by atoms with Crippen molar-refractivity contribution in [3.63, 3.8) is 0 Å². The van der Waals surface area contributed by atoms with Gasteiger partial charge in [-0.25, -0.2) is 0 Å². The Morgan fingerprint density at radius 2 is 1.06 bits per heavy atom. The lowest BCUT2D eigenvalue weighted by molar-refractivity contribution is 0.557. The van der Waals surface area contributed by atoms with Crippen LogP contribution in [0.25, 0.3) is 0 Å². The first-order chi connectivity index (χ1) is 8.91. The normalized spacial score (nSPS) is 11.4. The molecule has 0 aliphatic rings. The van der Waals surface area contributed by atoms with Gasteiger partial charge in [0.1, 0.15) is 0 Å². The molecule has 0 aromatic carbocycles. The molecule has 0 bridgehead atoms. The van der Waals surface area contributed by atoms with E-state index >= 15 is 0 Å². The largest absolute Gasteiger partial charge is 0.330 e. The molecule has 1 heteroatoms. The molecule has 2 N–H and O–H groups in total. The van der Waals surface area contributed by atoms with Crippen LogP contribution < -0.4 is 5.73 Å². The molecule has 0 saturated heterocycles. The second-order valence-corrected chi connectivity index (χ2v) is 5.37. The van der Waals surface area contributed by atoms with Crippen molar-refractivity contribution >= 4 is 0 Å². The summed E-state index contributed by atoms with van der Waals surface area (Å²) in [6.07, 6.45) is 22.5. The van der Waals surface area contributed by atoms with E-state index in [2.05, 4.69) is 19.1 Å². The van der Waals surface area contributed by atoms with E-state index in [-0.39, 0.29) is 0 Å². The van der Waals surface area contributed by atoms with E-state index in [1.807, 2.05) is 0 Å². The molecule has 0 atom stereocenters. The van der Waals surface area contributed by atoms with Crippen molar-refractivity contribution in [1.29, 1.82) is 0 Å². The molecule has 0 saturated carbocycles. The second-order valence-electron chi connectivity index (χ2n) is 5.37. The summed E-state index contributed by atoms with van der Waals surface area (Å²) in [4.78, 5) is 0. The molecule has 0 aromatic heterocycles. The molecule has 0 spiro atoms. The molecular weight excluding hydrogens is 218 g/mol. The van der Waals surface area contributed by atoms with E-state index in [4.69, 9.17) is 5.73 Å². The monoisotopic (exact) mass is 253 g/mol. The number of nitrogens with two attached hydrogens (primary N) is 1. The van der Waals surface area contributed by atoms with E-state index in [1.54, 1.807) is 0 Å². The van der Waals surface area contributed by atoms with Gasteiger partial charge in [-0.1, -0.05) is 76.9 Å². The highest BCUT2D eigenvalue weighted by atomic mass is 14.5. The highest BCUT2D eigenvalue weighted by molar-refractivity contribution is 4.81. The van der Waals surface area contributed by atoms with E-state index in [1.165, 1.54) is 70.6 Å². The molecule has 18 heavy (non-hydrogen) atoms. The van der Waals surface area contributed by atoms with Crippen LogP contribution in [0.5, 0.6) is 0 Å². The van der Waals surface area contributed by atoms with Gasteiger partial charge in [0.25, 0.3) is 0 Å². The van der Waals surface area contributed by atoms with Crippen LogP contribution in [0.3, 0.4) is 0 Å². The lowest BCUT2D eigenvalue weighted by Crippen LogP contribution is -1.96. The number of allylic oxidation sites excluding steroid dienone is 2. The quantitative estimate of drug-likeness (QED) is 0.317. The summed E-state index contributed by atoms with van der Waals surface area (Å²) in [5.41, 5.74) is 5.44. The number of unbranched alkanes of at least 4 members (excludes halogenated alkanes) is 11. The number of hydrogen-bond acceptors (Lipinski definition) is 1. The Labute approximate surface area is 115 Å². The maximum atomic E-state index is 5.44. The van der Waals surface area contributed by atoms with Crippen LogP contribution >= 0.6 is 0 Å². The Bertz CT molecular complexity index is 163. The van der Waals surface area contributed by atoms with Gasteiger partial charge in [0.15, 0.2) is 0 Å². The Morgan fingerprint density at radius 3 is 1.56 bits per heavy atom. The molecule has 0 aliphatic carbocycles. The van der Waals surface area contributed by atoms with Crippen LogP contribution in [0, 0.1) is 0 Å². The van der Waals surface area contributed by atoms with Crippen LogP contribution in [0.1, 0.15) is 90.4 Å². The minimum absolute atomic E-state index is 0.822. The summed E-state index contributed by atoms with van der Waals surface area (Å²) < 4.78 is 0. The molecule has 0 aromatic rings. The Hall–Kier alpha value is -0.300. The van der Waals surface area contributed by atoms with Gasteiger partial charge in [-0.05, 0) is 32.2 Å². The van der Waals surface area contributed by atoms with Gasteiger partial charge in [-0.2, -0.15) is 0 Å². The van der Waals surface area contributed by atoms with E-state index in [9.17, 15) is 0 Å². The fraction of sp³-hybridized carbons (Fsp3) is 0.882. The fourth-order valence-electron chi connectivity index (χ4n) is 2.22. The van der Waals surface area contributed by atoms with Crippen molar-refractivity contribution in [2.75, 3.05) is 6.54 Å². The smallest absolute Gasteiger partial charge is 0.00743 e. The van der Waals surface area contributed by atoms with E-state index < -0.39 is 0 Å². The molecular formula is C17H35N. The zero-order chi connectivity index (χ0) is 13.3. The fourth-order valence-corrected chi connectivity index (χ4v) is 2.22. The average molecular weight is 253 g/mol. The zero-order valence-electron chi connectivity index (χ0n) is 12.6. The van der Waals surface area contributed by atoms with Crippen molar-refractivity contribution in [3.8, 4) is 0 Å². The first-order valence-corrected chi connectivity index (χ1v) is 8.27. The van der Waals surface area contributed by atoms with Gasteiger partial charge in [0.2, 0.25) is 0 Å². The lowest BCUT2D eigenvalue weighted by atomic mass is 10.1. The summed E-state index contributed by atoms with van der Waals surface area (Å²) in [5.74, 6) is 0. The Morgan fingerprint density at radius 1 is 0.611 bits per heavy atom. The Kier molecular flexibility index (Phi) is 16.4. The highest BCUT2D eigenvalue weighted by Crippen LogP contribution is 2.11. The highest BCUT2D eigenvalue weighted by Gasteiger charge is 1.91. The third-order valence-electron chi connectivity index (χ3n) is 3.47. The first kappa shape index (κ1) is 17.7. The summed E-state index contributed by atoms with van der Waals surface area (Å²) in [6, 6.07) is 0. The molecule has 0 amide bonds. The number of rotatable bonds is 14. The van der Waals surface area contributed by atoms with Gasteiger partial charge in [0.05, 0.1) is 0 Å². The molecule has 0 heterocycles. The van der Waals surface area contributed by atoms with Crippen LogP contribution in [0.4, 0.5) is 0 Å². The van der Waals surface area contributed by atoms with Gasteiger partial charge < -0.3 is 5.73 Å². The SMILES string of the molecule is CCCCCCCCCCCCC=CCCCN. The summed E-state index contributed by atoms with van der Waals surface area (Å²) in [5, 5.41) is 0. The predicted molar refractivity (Wildman–Crippen MR) is 83.9 cm³/mol. The lowest BCUT2D eigenvalue weighted by Gasteiger charge is -2.01. The van der Waals surface area contributed by atoms with E-state index in [0.717, 1.165) is 19.4 Å². The third kappa shape index (κ3) is 15.7. The van der Waals surface area contributed by atoms with Gasteiger partial charge >= 0.3 is 0 Å². The topological polar surface area (TPSA) is 26.0 Å². The van der Waals surface area contributed by atoms with Crippen LogP contribution in [-0.4, -0.2) is 6.54 Å². The van der Waals surface area contributed by atoms with Crippen molar-refractivity contribution < 1.29 is 0 Å². The van der Waals surface area contributed by atoms with Gasteiger partial charge in [-0.15, -0.1) is 0 Å². The molecule has 0 rings (SSSR count). The van der Waals surface area contributed by atoms with Crippen molar-refractivity contribution in [3.05, 3.63) is 12.2 Å². The van der Waals surface area contributed by atoms with Crippen LogP contribution in [-0.2, 0) is 0 Å². The second kappa shape index (κ2) is 16.7. The first-order valence-electron chi connectivity index (χ1n) is 8.27. The molecule has 0 radical (unpaired) electrons. The van der Waals surface area contributed by atoms with E-state index in [0.29, 0.717) is 0 Å². The predicted octanol–water partition coefficient (Wildman–Crippen LogP) is 5.59. The summed E-state index contributed by atoms with van der Waals surface area (Å²) >= 11 is 0. The number of hydrogen-bond donors (Lipinski definition) is 1. The molecule has 0 unspecified atom stereocenters. The minimum atomic E-state index is 0.822. The molecule has 0 aliphatic heterocycles. The standard InChI is InChI=1S/C17H35N/c1-2-3-4-5-6-7-8-9-10-11-12-13-14-15-16-17-18/h13-14H,2-12,15-18H2,1H3. The van der Waals surface area contributed by atoms with Crippen molar-refractivity contribution in [1.82, 2.24) is 0 Å². The molecule has 0 fully saturated rings. The minimum Gasteiger partial charge on any atom is -0.330 e. The zero-order valence-corrected chi connectivity index (χ0v) is 12.6.